The van der Waals surface area contributed by atoms with Crippen LogP contribution in [0.2, 0.25) is 0 Å². The van der Waals surface area contributed by atoms with Gasteiger partial charge in [0.05, 0.1) is 0 Å². The zero-order chi connectivity index (χ0) is 34.2. The maximum Gasteiger partial charge on any atom is 0.0112 e. The van der Waals surface area contributed by atoms with E-state index < -0.39 is 0 Å². The number of piperazine rings is 1. The Hall–Kier alpha value is -0.280. The Kier molecular flexibility index (Phi) is 29.0. The highest BCUT2D eigenvalue weighted by atomic mass is 15.3. The molecular formula is C37H85N7. The highest BCUT2D eigenvalue weighted by Crippen LogP contribution is 2.11. The Bertz CT molecular complexity index is 559. The third kappa shape index (κ3) is 26.9. The fraction of sp³-hybridized carbons (Fsp3) is 1.00. The van der Waals surface area contributed by atoms with Crippen molar-refractivity contribution in [3.63, 3.8) is 0 Å². The largest absolute Gasteiger partial charge is 0.308 e. The Morgan fingerprint density at radius 2 is 0.750 bits per heavy atom. The Balaban J connectivity index is 0. The lowest BCUT2D eigenvalue weighted by atomic mass is 10.1. The molecule has 0 aromatic rings. The minimum atomic E-state index is 0.667. The second kappa shape index (κ2) is 27.8. The van der Waals surface area contributed by atoms with Gasteiger partial charge < -0.3 is 29.4 Å². The monoisotopic (exact) mass is 628 g/mol. The van der Waals surface area contributed by atoms with Crippen LogP contribution in [0.15, 0.2) is 0 Å². The van der Waals surface area contributed by atoms with Crippen LogP contribution in [0.5, 0.6) is 0 Å². The van der Waals surface area contributed by atoms with Gasteiger partial charge in [0, 0.05) is 69.5 Å². The number of likely N-dealkylation sites (tertiary alicyclic amines) is 2. The number of rotatable bonds is 8. The number of likely N-dealkylation sites (N-methyl/N-ethyl adjacent to an activating group) is 3. The van der Waals surface area contributed by atoms with Crippen LogP contribution < -0.4 is 0 Å². The molecule has 7 nitrogen and oxygen atoms in total. The summed E-state index contributed by atoms with van der Waals surface area (Å²) in [4.78, 5) is 16.8. The van der Waals surface area contributed by atoms with E-state index in [-0.39, 0.29) is 0 Å². The summed E-state index contributed by atoms with van der Waals surface area (Å²) in [5.41, 5.74) is 0. The molecule has 268 valence electrons. The van der Waals surface area contributed by atoms with Crippen LogP contribution in [0.1, 0.15) is 108 Å². The lowest BCUT2D eigenvalue weighted by molar-refractivity contribution is 0.126. The maximum atomic E-state index is 2.56. The van der Waals surface area contributed by atoms with Crippen molar-refractivity contribution in [2.24, 2.45) is 0 Å². The smallest absolute Gasteiger partial charge is 0.0112 e. The number of hydrogen-bond acceptors (Lipinski definition) is 7. The van der Waals surface area contributed by atoms with Gasteiger partial charge in [-0.2, -0.15) is 0 Å². The summed E-state index contributed by atoms with van der Waals surface area (Å²) in [6.45, 7) is 35.0. The van der Waals surface area contributed by atoms with Gasteiger partial charge in [0.1, 0.15) is 0 Å². The summed E-state index contributed by atoms with van der Waals surface area (Å²) in [6, 6.07) is 3.62. The van der Waals surface area contributed by atoms with Crippen molar-refractivity contribution in [1.29, 1.82) is 0 Å². The van der Waals surface area contributed by atoms with Gasteiger partial charge in [-0.3, -0.25) is 4.90 Å². The molecule has 3 aliphatic rings. The van der Waals surface area contributed by atoms with E-state index in [2.05, 4.69) is 146 Å². The molecule has 0 radical (unpaired) electrons. The van der Waals surface area contributed by atoms with Crippen LogP contribution in [-0.2, 0) is 0 Å². The van der Waals surface area contributed by atoms with Crippen LogP contribution in [-0.4, -0.2) is 172 Å². The van der Waals surface area contributed by atoms with Gasteiger partial charge in [-0.25, -0.2) is 0 Å². The summed E-state index contributed by atoms with van der Waals surface area (Å²) >= 11 is 0. The molecule has 3 rings (SSSR count). The molecule has 0 aromatic carbocycles. The fourth-order valence-electron chi connectivity index (χ4n) is 4.82. The van der Waals surface area contributed by atoms with Crippen molar-refractivity contribution >= 4 is 0 Å². The van der Waals surface area contributed by atoms with E-state index in [1.807, 2.05) is 0 Å². The van der Waals surface area contributed by atoms with Crippen molar-refractivity contribution in [2.45, 2.75) is 138 Å². The second-order valence-electron chi connectivity index (χ2n) is 15.2. The number of piperidine rings is 2. The first kappa shape index (κ1) is 45.8. The third-order valence-electron chi connectivity index (χ3n) is 9.32. The highest BCUT2D eigenvalue weighted by Gasteiger charge is 2.15. The van der Waals surface area contributed by atoms with E-state index in [0.717, 1.165) is 31.2 Å². The summed E-state index contributed by atoms with van der Waals surface area (Å²) in [5.74, 6) is 0. The van der Waals surface area contributed by atoms with Crippen LogP contribution >= 0.6 is 0 Å². The molecule has 0 unspecified atom stereocenters. The van der Waals surface area contributed by atoms with E-state index in [1.165, 1.54) is 90.9 Å². The lowest BCUT2D eigenvalue weighted by Gasteiger charge is -2.34. The van der Waals surface area contributed by atoms with E-state index in [4.69, 9.17) is 0 Å². The molecule has 0 amide bonds. The SMILES string of the molecule is CC(C)N(C)C.CC(C)N(C)CCN(C)C.CC(C)N1CCCCC1.CC(C)N1CCCCC1.CC(C)N1CCN(C)CC1. The van der Waals surface area contributed by atoms with E-state index >= 15 is 0 Å². The van der Waals surface area contributed by atoms with Gasteiger partial charge in [0.15, 0.2) is 0 Å². The Morgan fingerprint density at radius 1 is 0.432 bits per heavy atom. The molecule has 3 heterocycles. The normalized spacial score (nSPS) is 19.1. The molecule has 7 heteroatoms. The van der Waals surface area contributed by atoms with Crippen LogP contribution in [0.4, 0.5) is 0 Å². The molecule has 3 saturated heterocycles. The quantitative estimate of drug-likeness (QED) is 0.314. The van der Waals surface area contributed by atoms with E-state index in [9.17, 15) is 0 Å². The summed E-state index contributed by atoms with van der Waals surface area (Å²) in [7, 11) is 12.7. The zero-order valence-electron chi connectivity index (χ0n) is 33.3. The fourth-order valence-corrected chi connectivity index (χ4v) is 4.82. The van der Waals surface area contributed by atoms with Crippen molar-refractivity contribution in [1.82, 2.24) is 34.3 Å². The summed E-state index contributed by atoms with van der Waals surface area (Å²) in [5, 5.41) is 0. The van der Waals surface area contributed by atoms with Crippen LogP contribution in [0.3, 0.4) is 0 Å². The lowest BCUT2D eigenvalue weighted by Crippen LogP contribution is -2.47. The maximum absolute atomic E-state index is 2.56. The minimum absolute atomic E-state index is 0.667. The molecule has 0 spiro atoms. The zero-order valence-corrected chi connectivity index (χ0v) is 33.3. The van der Waals surface area contributed by atoms with Gasteiger partial charge in [-0.15, -0.1) is 0 Å². The number of hydrogen-bond donors (Lipinski definition) is 0. The van der Waals surface area contributed by atoms with Gasteiger partial charge in [0.25, 0.3) is 0 Å². The highest BCUT2D eigenvalue weighted by molar-refractivity contribution is 4.71. The van der Waals surface area contributed by atoms with Crippen LogP contribution in [0, 0.1) is 0 Å². The predicted molar refractivity (Wildman–Crippen MR) is 200 cm³/mol. The van der Waals surface area contributed by atoms with Gasteiger partial charge in [-0.05, 0) is 163 Å². The number of nitrogens with zero attached hydrogens (tertiary/aromatic N) is 7. The van der Waals surface area contributed by atoms with Crippen molar-refractivity contribution in [3.8, 4) is 0 Å². The molecule has 0 aromatic heterocycles. The molecular weight excluding hydrogens is 542 g/mol. The van der Waals surface area contributed by atoms with E-state index in [0.29, 0.717) is 12.1 Å². The van der Waals surface area contributed by atoms with E-state index in [1.54, 1.807) is 0 Å². The van der Waals surface area contributed by atoms with Crippen molar-refractivity contribution in [3.05, 3.63) is 0 Å². The third-order valence-corrected chi connectivity index (χ3v) is 9.32. The Labute approximate surface area is 279 Å². The molecule has 3 aliphatic heterocycles. The van der Waals surface area contributed by atoms with Crippen molar-refractivity contribution < 1.29 is 0 Å². The molecule has 0 N–H and O–H groups in total. The average molecular weight is 628 g/mol. The average Bonchev–Trinajstić information content (AvgIpc) is 2.98. The molecule has 0 aliphatic carbocycles. The first-order chi connectivity index (χ1) is 20.5. The van der Waals surface area contributed by atoms with Gasteiger partial charge in [0.2, 0.25) is 0 Å². The molecule has 0 bridgehead atoms. The topological polar surface area (TPSA) is 22.7 Å². The molecule has 3 fully saturated rings. The first-order valence-corrected chi connectivity index (χ1v) is 18.4. The summed E-state index contributed by atoms with van der Waals surface area (Å²) < 4.78 is 0. The standard InChI is InChI=1S/C8H18N2.C8H20N2.2C8H17N.C5H13N/c1-8(2)10-6-4-9(3)5-7-10;1-8(2)10(5)7-6-9(3)4;2*1-8(2)9-6-4-3-5-7-9;1-5(2)6(3)4/h8H,4-7H2,1-3H3;8H,6-7H2,1-5H3;2*8H,3-7H2,1-2H3;5H,1-4H3. The van der Waals surface area contributed by atoms with Gasteiger partial charge >= 0.3 is 0 Å². The van der Waals surface area contributed by atoms with Gasteiger partial charge in [-0.1, -0.05) is 12.8 Å². The minimum Gasteiger partial charge on any atom is -0.308 e. The van der Waals surface area contributed by atoms with Crippen molar-refractivity contribution in [2.75, 3.05) is 108 Å². The second-order valence-corrected chi connectivity index (χ2v) is 15.2. The Morgan fingerprint density at radius 3 is 0.977 bits per heavy atom. The molecule has 0 atom stereocenters. The first-order valence-electron chi connectivity index (χ1n) is 18.4. The molecule has 0 saturated carbocycles. The summed E-state index contributed by atoms with van der Waals surface area (Å²) in [6.07, 6.45) is 8.55. The van der Waals surface area contributed by atoms with Crippen LogP contribution in [0.25, 0.3) is 0 Å². The predicted octanol–water partition coefficient (Wildman–Crippen LogP) is 6.25. The molecule has 44 heavy (non-hydrogen) atoms.